The summed E-state index contributed by atoms with van der Waals surface area (Å²) < 4.78 is 0. The van der Waals surface area contributed by atoms with Gasteiger partial charge in [-0.1, -0.05) is 33.3 Å². The van der Waals surface area contributed by atoms with Crippen LogP contribution in [0.2, 0.25) is 0 Å². The van der Waals surface area contributed by atoms with Gasteiger partial charge in [-0.3, -0.25) is 5.26 Å². The summed E-state index contributed by atoms with van der Waals surface area (Å²) in [6, 6.07) is 0. The molecule has 3 fully saturated rings. The fourth-order valence-electron chi connectivity index (χ4n) is 7.61. The molecule has 0 aromatic rings. The van der Waals surface area contributed by atoms with Gasteiger partial charge in [0, 0.05) is 0 Å². The predicted molar refractivity (Wildman–Crippen MR) is 88.4 cm³/mol. The Morgan fingerprint density at radius 2 is 1.91 bits per heavy atom. The van der Waals surface area contributed by atoms with Crippen LogP contribution in [0.25, 0.3) is 0 Å². The summed E-state index contributed by atoms with van der Waals surface area (Å²) in [6.07, 6.45) is 13.6. The molecule has 22 heavy (non-hydrogen) atoms. The van der Waals surface area contributed by atoms with Crippen LogP contribution in [0.1, 0.15) is 72.1 Å². The van der Waals surface area contributed by atoms with Gasteiger partial charge >= 0.3 is 0 Å². The van der Waals surface area contributed by atoms with Crippen molar-refractivity contribution in [2.45, 2.75) is 72.1 Å². The van der Waals surface area contributed by atoms with E-state index in [0.29, 0.717) is 28.8 Å². The number of hydrogen-bond donors (Lipinski definition) is 1. The second-order valence-electron chi connectivity index (χ2n) is 9.70. The van der Waals surface area contributed by atoms with Gasteiger partial charge in [-0.25, -0.2) is 4.89 Å². The topological polar surface area (TPSA) is 29.5 Å². The molecule has 4 aliphatic carbocycles. The maximum Gasteiger partial charge on any atom is 0.103 e. The Kier molecular flexibility index (Phi) is 3.34. The molecule has 1 spiro atoms. The maximum atomic E-state index is 8.91. The van der Waals surface area contributed by atoms with Gasteiger partial charge < -0.3 is 0 Å². The SMILES string of the molecule is CC1(C)CCC[C@]2(C)[C@@H]1CC[C@]13C=C(COO)[C@H](CC[C@H]12)C3. The second kappa shape index (κ2) is 4.83. The minimum absolute atomic E-state index is 0.426. The number of hydrogen-bond acceptors (Lipinski definition) is 2. The van der Waals surface area contributed by atoms with Crippen molar-refractivity contribution in [3.63, 3.8) is 0 Å². The minimum atomic E-state index is 0.426. The molecule has 124 valence electrons. The molecule has 0 amide bonds. The highest BCUT2D eigenvalue weighted by atomic mass is 17.1. The van der Waals surface area contributed by atoms with E-state index < -0.39 is 0 Å². The molecular weight excluding hydrogens is 272 g/mol. The molecule has 5 atom stereocenters. The molecule has 0 aromatic heterocycles. The van der Waals surface area contributed by atoms with Crippen LogP contribution in [0.4, 0.5) is 0 Å². The third kappa shape index (κ3) is 1.92. The number of fused-ring (bicyclic) bond motifs is 3. The molecule has 1 N–H and O–H groups in total. The van der Waals surface area contributed by atoms with E-state index in [0.717, 1.165) is 11.8 Å². The molecule has 0 aromatic carbocycles. The molecule has 0 aliphatic heterocycles. The Balaban J connectivity index is 1.71. The van der Waals surface area contributed by atoms with Crippen LogP contribution in [0, 0.1) is 34.0 Å². The Morgan fingerprint density at radius 1 is 1.09 bits per heavy atom. The highest BCUT2D eigenvalue weighted by molar-refractivity contribution is 5.28. The molecule has 0 unspecified atom stereocenters. The van der Waals surface area contributed by atoms with E-state index in [9.17, 15) is 0 Å². The van der Waals surface area contributed by atoms with Gasteiger partial charge in [-0.2, -0.15) is 0 Å². The second-order valence-corrected chi connectivity index (χ2v) is 9.70. The summed E-state index contributed by atoms with van der Waals surface area (Å²) in [5, 5.41) is 8.91. The molecule has 2 nitrogen and oxygen atoms in total. The first-order valence-corrected chi connectivity index (χ1v) is 9.39. The Labute approximate surface area is 135 Å². The van der Waals surface area contributed by atoms with Crippen molar-refractivity contribution in [3.8, 4) is 0 Å². The summed E-state index contributed by atoms with van der Waals surface area (Å²) in [6.45, 7) is 8.10. The summed E-state index contributed by atoms with van der Waals surface area (Å²) in [7, 11) is 0. The van der Waals surface area contributed by atoms with Gasteiger partial charge in [0.1, 0.15) is 6.61 Å². The predicted octanol–water partition coefficient (Wildman–Crippen LogP) is 5.45. The van der Waals surface area contributed by atoms with Crippen LogP contribution in [-0.2, 0) is 4.89 Å². The molecular formula is C20H32O2. The Morgan fingerprint density at radius 3 is 2.68 bits per heavy atom. The van der Waals surface area contributed by atoms with Gasteiger partial charge in [-0.05, 0) is 84.5 Å². The van der Waals surface area contributed by atoms with Crippen molar-refractivity contribution in [2.75, 3.05) is 6.61 Å². The van der Waals surface area contributed by atoms with Crippen LogP contribution in [0.5, 0.6) is 0 Å². The largest absolute Gasteiger partial charge is 0.251 e. The van der Waals surface area contributed by atoms with E-state index in [2.05, 4.69) is 31.7 Å². The molecule has 0 saturated heterocycles. The highest BCUT2D eigenvalue weighted by Crippen LogP contribution is 2.70. The van der Waals surface area contributed by atoms with E-state index in [4.69, 9.17) is 5.26 Å². The number of rotatable bonds is 2. The van der Waals surface area contributed by atoms with Gasteiger partial charge in [-0.15, -0.1) is 0 Å². The summed E-state index contributed by atoms with van der Waals surface area (Å²) >= 11 is 0. The average molecular weight is 304 g/mol. The van der Waals surface area contributed by atoms with Gasteiger partial charge in [0.15, 0.2) is 0 Å². The highest BCUT2D eigenvalue weighted by Gasteiger charge is 2.61. The normalized spacial score (nSPS) is 49.3. The van der Waals surface area contributed by atoms with E-state index in [1.54, 1.807) is 0 Å². The van der Waals surface area contributed by atoms with Crippen LogP contribution in [0.3, 0.4) is 0 Å². The fourth-order valence-corrected chi connectivity index (χ4v) is 7.61. The Hall–Kier alpha value is -0.340. The molecule has 0 heterocycles. The lowest BCUT2D eigenvalue weighted by atomic mass is 9.41. The first-order valence-electron chi connectivity index (χ1n) is 9.39. The van der Waals surface area contributed by atoms with Crippen molar-refractivity contribution >= 4 is 0 Å². The lowest BCUT2D eigenvalue weighted by Crippen LogP contribution is -2.55. The lowest BCUT2D eigenvalue weighted by molar-refractivity contribution is -0.235. The van der Waals surface area contributed by atoms with Crippen LogP contribution < -0.4 is 0 Å². The fraction of sp³-hybridized carbons (Fsp3) is 0.900. The maximum absolute atomic E-state index is 8.91. The first-order chi connectivity index (χ1) is 10.4. The molecule has 2 bridgehead atoms. The third-order valence-corrected chi connectivity index (χ3v) is 8.32. The van der Waals surface area contributed by atoms with Crippen molar-refractivity contribution in [3.05, 3.63) is 11.6 Å². The van der Waals surface area contributed by atoms with E-state index >= 15 is 0 Å². The zero-order valence-corrected chi connectivity index (χ0v) is 14.5. The van der Waals surface area contributed by atoms with Gasteiger partial charge in [0.2, 0.25) is 0 Å². The van der Waals surface area contributed by atoms with Crippen molar-refractivity contribution in [1.82, 2.24) is 0 Å². The molecule has 3 saturated carbocycles. The van der Waals surface area contributed by atoms with E-state index in [-0.39, 0.29) is 0 Å². The Bertz CT molecular complexity index is 494. The average Bonchev–Trinajstić information content (AvgIpc) is 2.69. The van der Waals surface area contributed by atoms with Crippen molar-refractivity contribution in [1.29, 1.82) is 0 Å². The zero-order valence-electron chi connectivity index (χ0n) is 14.5. The van der Waals surface area contributed by atoms with Crippen LogP contribution in [-0.4, -0.2) is 11.9 Å². The van der Waals surface area contributed by atoms with Crippen LogP contribution >= 0.6 is 0 Å². The van der Waals surface area contributed by atoms with Crippen molar-refractivity contribution < 1.29 is 10.1 Å². The van der Waals surface area contributed by atoms with E-state index in [1.807, 2.05) is 0 Å². The molecule has 2 heteroatoms. The summed E-state index contributed by atoms with van der Waals surface area (Å²) in [4.78, 5) is 4.51. The summed E-state index contributed by atoms with van der Waals surface area (Å²) in [5.41, 5.74) is 2.86. The zero-order chi connectivity index (χ0) is 15.6. The van der Waals surface area contributed by atoms with Gasteiger partial charge in [0.25, 0.3) is 0 Å². The first kappa shape index (κ1) is 15.2. The standard InChI is InChI=1S/C20H32O2/c1-18(2)8-4-9-19(3)16(18)7-10-20-11-14(5-6-17(19)20)15(12-20)13-22-21/h12,14,16-17,21H,4-11,13H2,1-3H3/t14-,16-,17+,19-,20+/m1/s1. The lowest BCUT2D eigenvalue weighted by Gasteiger charge is -2.63. The van der Waals surface area contributed by atoms with Gasteiger partial charge in [0.05, 0.1) is 0 Å². The minimum Gasteiger partial charge on any atom is -0.251 e. The molecule has 4 rings (SSSR count). The van der Waals surface area contributed by atoms with E-state index in [1.165, 1.54) is 56.9 Å². The quantitative estimate of drug-likeness (QED) is 0.418. The number of allylic oxidation sites excluding steroid dienone is 1. The monoisotopic (exact) mass is 304 g/mol. The molecule has 0 radical (unpaired) electrons. The van der Waals surface area contributed by atoms with Crippen LogP contribution in [0.15, 0.2) is 11.6 Å². The smallest absolute Gasteiger partial charge is 0.103 e. The third-order valence-electron chi connectivity index (χ3n) is 8.32. The molecule has 4 aliphatic rings. The summed E-state index contributed by atoms with van der Waals surface area (Å²) in [5.74, 6) is 2.43. The van der Waals surface area contributed by atoms with Crippen molar-refractivity contribution in [2.24, 2.45) is 34.0 Å².